The Morgan fingerprint density at radius 2 is 1.89 bits per heavy atom. The van der Waals surface area contributed by atoms with Crippen LogP contribution in [0.5, 0.6) is 0 Å². The predicted molar refractivity (Wildman–Crippen MR) is 126 cm³/mol. The average Bonchev–Trinajstić information content (AvgIpc) is 3.33. The Morgan fingerprint density at radius 3 is 2.63 bits per heavy atom. The van der Waals surface area contributed by atoms with Gasteiger partial charge in [-0.25, -0.2) is 4.39 Å². The van der Waals surface area contributed by atoms with Gasteiger partial charge in [0, 0.05) is 24.6 Å². The van der Waals surface area contributed by atoms with Gasteiger partial charge in [0.15, 0.2) is 0 Å². The summed E-state index contributed by atoms with van der Waals surface area (Å²) in [7, 11) is 0. The van der Waals surface area contributed by atoms with E-state index in [1.165, 1.54) is 28.2 Å². The summed E-state index contributed by atoms with van der Waals surface area (Å²) in [4.78, 5) is 30.2. The molecule has 10 nitrogen and oxygen atoms in total. The van der Waals surface area contributed by atoms with Crippen molar-refractivity contribution < 1.29 is 23.6 Å². The van der Waals surface area contributed by atoms with Crippen LogP contribution in [-0.2, 0) is 20.9 Å². The Kier molecular flexibility index (Phi) is 9.13. The quantitative estimate of drug-likeness (QED) is 0.490. The van der Waals surface area contributed by atoms with Crippen molar-refractivity contribution >= 4 is 11.8 Å². The Labute approximate surface area is 204 Å². The third kappa shape index (κ3) is 7.79. The summed E-state index contributed by atoms with van der Waals surface area (Å²) < 4.78 is 18.6. The van der Waals surface area contributed by atoms with Crippen molar-refractivity contribution in [1.29, 1.82) is 0 Å². The van der Waals surface area contributed by atoms with Crippen LogP contribution in [0.2, 0.25) is 0 Å². The Morgan fingerprint density at radius 1 is 1.14 bits per heavy atom. The summed E-state index contributed by atoms with van der Waals surface area (Å²) in [6.07, 6.45) is 6.26. The molecule has 11 heteroatoms. The van der Waals surface area contributed by atoms with Gasteiger partial charge in [0.25, 0.3) is 0 Å². The largest absolute Gasteiger partial charge is 0.370 e. The van der Waals surface area contributed by atoms with E-state index >= 15 is 0 Å². The SMILES string of the molecule is O=C(CN(CCC[NH+]1CCOCC1)C(=O)Cn1nnc(-c2ccc(F)cc2)n1)NC1CCCCC1. The van der Waals surface area contributed by atoms with Gasteiger partial charge in [-0.05, 0) is 42.3 Å². The second kappa shape index (κ2) is 12.7. The summed E-state index contributed by atoms with van der Waals surface area (Å²) in [5.41, 5.74) is 0.613. The lowest BCUT2D eigenvalue weighted by atomic mass is 9.95. The maximum atomic E-state index is 13.2. The number of benzene rings is 1. The highest BCUT2D eigenvalue weighted by molar-refractivity contribution is 5.84. The Hall–Kier alpha value is -2.92. The molecule has 0 spiro atoms. The Bertz CT molecular complexity index is 956. The van der Waals surface area contributed by atoms with Crippen molar-refractivity contribution in [3.63, 3.8) is 0 Å². The van der Waals surface area contributed by atoms with Crippen molar-refractivity contribution in [3.8, 4) is 11.4 Å². The van der Waals surface area contributed by atoms with E-state index in [-0.39, 0.29) is 36.8 Å². The molecule has 1 saturated heterocycles. The molecule has 1 aliphatic carbocycles. The van der Waals surface area contributed by atoms with Gasteiger partial charge >= 0.3 is 0 Å². The van der Waals surface area contributed by atoms with Crippen LogP contribution in [0.3, 0.4) is 0 Å². The fourth-order valence-corrected chi connectivity index (χ4v) is 4.66. The minimum absolute atomic E-state index is 0.0211. The fraction of sp³-hybridized carbons (Fsp3) is 0.625. The van der Waals surface area contributed by atoms with Crippen molar-refractivity contribution in [2.24, 2.45) is 0 Å². The highest BCUT2D eigenvalue weighted by Crippen LogP contribution is 2.17. The zero-order valence-electron chi connectivity index (χ0n) is 20.1. The molecule has 35 heavy (non-hydrogen) atoms. The predicted octanol–water partition coefficient (Wildman–Crippen LogP) is 0.0619. The molecule has 2 heterocycles. The van der Waals surface area contributed by atoms with E-state index < -0.39 is 0 Å². The number of carbonyl (C=O) groups excluding carboxylic acids is 2. The van der Waals surface area contributed by atoms with Crippen LogP contribution in [-0.4, -0.2) is 88.9 Å². The third-order valence-electron chi connectivity index (χ3n) is 6.65. The molecule has 0 bridgehead atoms. The van der Waals surface area contributed by atoms with Crippen LogP contribution in [0.15, 0.2) is 24.3 Å². The maximum absolute atomic E-state index is 13.2. The first-order valence-corrected chi connectivity index (χ1v) is 12.6. The van der Waals surface area contributed by atoms with Crippen molar-refractivity contribution in [1.82, 2.24) is 30.4 Å². The number of morpholine rings is 1. The lowest BCUT2D eigenvalue weighted by Crippen LogP contribution is -3.14. The number of hydrogen-bond acceptors (Lipinski definition) is 6. The van der Waals surface area contributed by atoms with Crippen molar-refractivity contribution in [2.75, 3.05) is 45.9 Å². The molecule has 190 valence electrons. The van der Waals surface area contributed by atoms with Crippen LogP contribution in [0.4, 0.5) is 4.39 Å². The van der Waals surface area contributed by atoms with E-state index in [0.717, 1.165) is 65.0 Å². The molecule has 1 aliphatic heterocycles. The number of carbonyl (C=O) groups is 2. The van der Waals surface area contributed by atoms with Gasteiger partial charge in [-0.1, -0.05) is 19.3 Å². The monoisotopic (exact) mass is 488 g/mol. The molecule has 2 fully saturated rings. The zero-order valence-corrected chi connectivity index (χ0v) is 20.1. The number of aromatic nitrogens is 4. The molecule has 1 saturated carbocycles. The molecule has 2 aromatic rings. The number of quaternary nitrogens is 1. The van der Waals surface area contributed by atoms with Crippen molar-refractivity contribution in [2.45, 2.75) is 51.1 Å². The van der Waals surface area contributed by atoms with Crippen LogP contribution in [0.25, 0.3) is 11.4 Å². The summed E-state index contributed by atoms with van der Waals surface area (Å²) in [5, 5.41) is 15.3. The molecule has 2 amide bonds. The number of halogens is 1. The number of tetrazole rings is 1. The van der Waals surface area contributed by atoms with E-state index in [2.05, 4.69) is 20.7 Å². The Balaban J connectivity index is 1.35. The first-order valence-electron chi connectivity index (χ1n) is 12.6. The van der Waals surface area contributed by atoms with E-state index in [1.807, 2.05) is 0 Å². The summed E-state index contributed by atoms with van der Waals surface area (Å²) >= 11 is 0. The van der Waals surface area contributed by atoms with Crippen LogP contribution in [0.1, 0.15) is 38.5 Å². The lowest BCUT2D eigenvalue weighted by molar-refractivity contribution is -0.908. The second-order valence-electron chi connectivity index (χ2n) is 9.33. The van der Waals surface area contributed by atoms with Gasteiger partial charge in [-0.15, -0.1) is 10.2 Å². The number of amides is 2. The first-order chi connectivity index (χ1) is 17.1. The maximum Gasteiger partial charge on any atom is 0.246 e. The van der Waals surface area contributed by atoms with Gasteiger partial charge in [-0.2, -0.15) is 4.80 Å². The zero-order chi connectivity index (χ0) is 24.5. The van der Waals surface area contributed by atoms with Crippen LogP contribution < -0.4 is 10.2 Å². The molecule has 1 aromatic carbocycles. The van der Waals surface area contributed by atoms with E-state index in [9.17, 15) is 14.0 Å². The first kappa shape index (κ1) is 25.2. The minimum Gasteiger partial charge on any atom is -0.370 e. The molecule has 0 radical (unpaired) electrons. The molecular weight excluding hydrogens is 453 g/mol. The molecular formula is C24H35FN7O3+. The van der Waals surface area contributed by atoms with Crippen molar-refractivity contribution in [3.05, 3.63) is 30.1 Å². The van der Waals surface area contributed by atoms with E-state index in [0.29, 0.717) is 17.9 Å². The average molecular weight is 489 g/mol. The second-order valence-corrected chi connectivity index (χ2v) is 9.33. The van der Waals surface area contributed by atoms with E-state index in [4.69, 9.17) is 4.74 Å². The van der Waals surface area contributed by atoms with Gasteiger partial charge in [0.1, 0.15) is 25.5 Å². The third-order valence-corrected chi connectivity index (χ3v) is 6.65. The molecule has 2 N–H and O–H groups in total. The molecule has 1 aromatic heterocycles. The van der Waals surface area contributed by atoms with Gasteiger partial charge in [0.05, 0.1) is 26.3 Å². The number of nitrogens with one attached hydrogen (secondary N) is 2. The number of rotatable bonds is 10. The van der Waals surface area contributed by atoms with Gasteiger partial charge in [-0.3, -0.25) is 9.59 Å². The molecule has 0 atom stereocenters. The summed E-state index contributed by atoms with van der Waals surface area (Å²) in [5.74, 6) is -0.390. The number of nitrogens with zero attached hydrogens (tertiary/aromatic N) is 5. The van der Waals surface area contributed by atoms with Crippen LogP contribution in [0, 0.1) is 5.82 Å². The smallest absolute Gasteiger partial charge is 0.246 e. The standard InChI is InChI=1S/C24H34FN7O3/c25-20-9-7-19(8-10-20)24-27-29-32(28-24)18-23(34)31(12-4-11-30-13-15-35-16-14-30)17-22(33)26-21-5-2-1-3-6-21/h7-10,21H,1-6,11-18H2,(H,26,33)/p+1. The highest BCUT2D eigenvalue weighted by Gasteiger charge is 2.23. The summed E-state index contributed by atoms with van der Waals surface area (Å²) in [6.45, 7) is 4.76. The molecule has 2 aliphatic rings. The minimum atomic E-state index is -0.350. The normalized spacial score (nSPS) is 17.3. The number of hydrogen-bond donors (Lipinski definition) is 2. The van der Waals surface area contributed by atoms with Crippen LogP contribution >= 0.6 is 0 Å². The number of ether oxygens (including phenoxy) is 1. The summed E-state index contributed by atoms with van der Waals surface area (Å²) in [6, 6.07) is 5.97. The molecule has 0 unspecified atom stereocenters. The fourth-order valence-electron chi connectivity index (χ4n) is 4.66. The lowest BCUT2D eigenvalue weighted by Gasteiger charge is -2.27. The topological polar surface area (TPSA) is 107 Å². The highest BCUT2D eigenvalue weighted by atomic mass is 19.1. The van der Waals surface area contributed by atoms with Gasteiger partial charge in [0.2, 0.25) is 17.6 Å². The van der Waals surface area contributed by atoms with Gasteiger partial charge < -0.3 is 19.9 Å². The molecule has 4 rings (SSSR count). The van der Waals surface area contributed by atoms with E-state index in [1.54, 1.807) is 17.0 Å².